The van der Waals surface area contributed by atoms with Gasteiger partial charge in [-0.25, -0.2) is 4.79 Å². The fourth-order valence-corrected chi connectivity index (χ4v) is 3.47. The first-order chi connectivity index (χ1) is 12.6. The summed E-state index contributed by atoms with van der Waals surface area (Å²) in [6, 6.07) is 6.91. The highest BCUT2D eigenvalue weighted by Crippen LogP contribution is 2.32. The second kappa shape index (κ2) is 6.68. The summed E-state index contributed by atoms with van der Waals surface area (Å²) in [7, 11) is 0. The van der Waals surface area contributed by atoms with Crippen molar-refractivity contribution in [2.45, 2.75) is 51.8 Å². The number of benzene rings is 1. The first kappa shape index (κ1) is 18.9. The Balaban J connectivity index is 1.64. The normalized spacial score (nSPS) is 21.7. The molecular formula is C19H23N3O5. The lowest BCUT2D eigenvalue weighted by atomic mass is 10.1. The van der Waals surface area contributed by atoms with E-state index in [-0.39, 0.29) is 11.9 Å². The Hall–Kier alpha value is -2.90. The maximum Gasteiger partial charge on any atom is 0.327 e. The largest absolute Gasteiger partial charge is 0.451 e. The van der Waals surface area contributed by atoms with Crippen molar-refractivity contribution in [1.82, 2.24) is 10.2 Å². The molecule has 2 heterocycles. The van der Waals surface area contributed by atoms with Crippen LogP contribution in [0.2, 0.25) is 0 Å². The lowest BCUT2D eigenvalue weighted by molar-refractivity contribution is -0.155. The first-order valence-electron chi connectivity index (χ1n) is 8.86. The summed E-state index contributed by atoms with van der Waals surface area (Å²) in [6.45, 7) is 6.00. The quantitative estimate of drug-likeness (QED) is 0.632. The van der Waals surface area contributed by atoms with Gasteiger partial charge >= 0.3 is 12.0 Å². The zero-order valence-electron chi connectivity index (χ0n) is 15.8. The lowest BCUT2D eigenvalue weighted by Crippen LogP contribution is -2.45. The second-order valence-electron chi connectivity index (χ2n) is 7.47. The van der Waals surface area contributed by atoms with Crippen molar-refractivity contribution in [3.8, 4) is 0 Å². The molecule has 144 valence electrons. The van der Waals surface area contributed by atoms with E-state index in [4.69, 9.17) is 4.74 Å². The van der Waals surface area contributed by atoms with Gasteiger partial charge in [0.2, 0.25) is 0 Å². The van der Waals surface area contributed by atoms with Crippen molar-refractivity contribution >= 4 is 29.5 Å². The zero-order valence-corrected chi connectivity index (χ0v) is 15.8. The summed E-state index contributed by atoms with van der Waals surface area (Å²) < 4.78 is 5.21. The fourth-order valence-electron chi connectivity index (χ4n) is 3.47. The number of imide groups is 1. The van der Waals surface area contributed by atoms with Crippen LogP contribution < -0.4 is 10.2 Å². The molecule has 8 nitrogen and oxygen atoms in total. The highest BCUT2D eigenvalue weighted by Gasteiger charge is 2.45. The van der Waals surface area contributed by atoms with E-state index in [0.717, 1.165) is 22.6 Å². The Kier molecular flexibility index (Phi) is 4.67. The molecule has 0 spiro atoms. The molecule has 2 aliphatic heterocycles. The van der Waals surface area contributed by atoms with Crippen LogP contribution in [0, 0.1) is 0 Å². The SMILES string of the molecule is C[C@@H]1Cc2ccccc2N1C(=O)[C@@H](C)OC(=O)CN1C(=O)NC(C)(C)C1=O. The number of carbonyl (C=O) groups excluding carboxylic acids is 4. The number of fused-ring (bicyclic) bond motifs is 1. The molecule has 0 aromatic heterocycles. The average molecular weight is 373 g/mol. The molecule has 1 N–H and O–H groups in total. The molecule has 2 atom stereocenters. The van der Waals surface area contributed by atoms with Crippen LogP contribution in [0.25, 0.3) is 0 Å². The number of nitrogens with one attached hydrogen (secondary N) is 1. The first-order valence-corrected chi connectivity index (χ1v) is 8.86. The average Bonchev–Trinajstić information content (AvgIpc) is 3.01. The van der Waals surface area contributed by atoms with Gasteiger partial charge in [-0.15, -0.1) is 0 Å². The minimum atomic E-state index is -1.06. The van der Waals surface area contributed by atoms with Crippen LogP contribution in [0.1, 0.15) is 33.3 Å². The van der Waals surface area contributed by atoms with Crippen molar-refractivity contribution in [3.05, 3.63) is 29.8 Å². The fraction of sp³-hybridized carbons (Fsp3) is 0.474. The van der Waals surface area contributed by atoms with Crippen LogP contribution in [0.5, 0.6) is 0 Å². The topological polar surface area (TPSA) is 96.0 Å². The van der Waals surface area contributed by atoms with E-state index < -0.39 is 36.1 Å². The zero-order chi connectivity index (χ0) is 19.9. The highest BCUT2D eigenvalue weighted by molar-refractivity contribution is 6.08. The minimum absolute atomic E-state index is 0.0391. The molecule has 3 rings (SSSR count). The number of urea groups is 1. The van der Waals surface area contributed by atoms with Crippen LogP contribution in [0.4, 0.5) is 10.5 Å². The molecule has 0 saturated carbocycles. The molecule has 0 radical (unpaired) electrons. The Labute approximate surface area is 157 Å². The maximum atomic E-state index is 12.8. The van der Waals surface area contributed by atoms with Crippen molar-refractivity contribution in [3.63, 3.8) is 0 Å². The van der Waals surface area contributed by atoms with E-state index >= 15 is 0 Å². The van der Waals surface area contributed by atoms with Gasteiger partial charge < -0.3 is 15.0 Å². The summed E-state index contributed by atoms with van der Waals surface area (Å²) in [6.07, 6.45) is -0.292. The van der Waals surface area contributed by atoms with E-state index in [1.54, 1.807) is 18.7 Å². The van der Waals surface area contributed by atoms with E-state index in [1.165, 1.54) is 6.92 Å². The van der Waals surface area contributed by atoms with Gasteiger partial charge in [0.25, 0.3) is 11.8 Å². The van der Waals surface area contributed by atoms with E-state index in [1.807, 2.05) is 31.2 Å². The summed E-state index contributed by atoms with van der Waals surface area (Å²) in [4.78, 5) is 51.4. The molecule has 8 heteroatoms. The number of anilines is 1. The molecule has 0 aliphatic carbocycles. The van der Waals surface area contributed by atoms with Crippen LogP contribution >= 0.6 is 0 Å². The molecular weight excluding hydrogens is 350 g/mol. The van der Waals surface area contributed by atoms with Gasteiger partial charge in [0.05, 0.1) is 0 Å². The molecule has 1 saturated heterocycles. The van der Waals surface area contributed by atoms with Crippen molar-refractivity contribution in [2.75, 3.05) is 11.4 Å². The summed E-state index contributed by atoms with van der Waals surface area (Å²) in [5.41, 5.74) is 0.820. The van der Waals surface area contributed by atoms with Gasteiger partial charge in [-0.1, -0.05) is 18.2 Å². The van der Waals surface area contributed by atoms with Crippen LogP contribution in [-0.4, -0.2) is 52.9 Å². The molecule has 27 heavy (non-hydrogen) atoms. The van der Waals surface area contributed by atoms with Gasteiger partial charge in [-0.2, -0.15) is 0 Å². The van der Waals surface area contributed by atoms with E-state index in [9.17, 15) is 19.2 Å². The summed E-state index contributed by atoms with van der Waals surface area (Å²) >= 11 is 0. The molecule has 1 fully saturated rings. The van der Waals surface area contributed by atoms with Crippen molar-refractivity contribution in [2.24, 2.45) is 0 Å². The smallest absolute Gasteiger partial charge is 0.327 e. The Morgan fingerprint density at radius 2 is 1.96 bits per heavy atom. The molecule has 0 unspecified atom stereocenters. The number of esters is 1. The summed E-state index contributed by atoms with van der Waals surface area (Å²) in [5.74, 6) is -1.65. The Morgan fingerprint density at radius 3 is 2.59 bits per heavy atom. The third kappa shape index (κ3) is 3.39. The maximum absolute atomic E-state index is 12.8. The molecule has 4 amide bonds. The minimum Gasteiger partial charge on any atom is -0.451 e. The Morgan fingerprint density at radius 1 is 1.30 bits per heavy atom. The van der Waals surface area contributed by atoms with Crippen molar-refractivity contribution in [1.29, 1.82) is 0 Å². The third-order valence-corrected chi connectivity index (χ3v) is 4.83. The number of carbonyl (C=O) groups is 4. The molecule has 1 aromatic carbocycles. The predicted molar refractivity (Wildman–Crippen MR) is 97.0 cm³/mol. The summed E-state index contributed by atoms with van der Waals surface area (Å²) in [5, 5.41) is 2.49. The van der Waals surface area contributed by atoms with Crippen LogP contribution in [0.3, 0.4) is 0 Å². The van der Waals surface area contributed by atoms with E-state index in [0.29, 0.717) is 0 Å². The number of hydrogen-bond acceptors (Lipinski definition) is 5. The number of hydrogen-bond donors (Lipinski definition) is 1. The van der Waals surface area contributed by atoms with Gasteiger partial charge in [-0.3, -0.25) is 19.3 Å². The van der Waals surface area contributed by atoms with Gasteiger partial charge in [0.15, 0.2) is 6.10 Å². The lowest BCUT2D eigenvalue weighted by Gasteiger charge is -2.26. The standard InChI is InChI=1S/C19H23N3O5/c1-11-9-13-7-5-6-8-14(13)22(11)16(24)12(2)27-15(23)10-21-17(25)19(3,4)20-18(21)26/h5-8,11-12H,9-10H2,1-4H3,(H,20,26)/t11-,12-/m1/s1. The number of para-hydroxylation sites is 1. The predicted octanol–water partition coefficient (Wildman–Crippen LogP) is 1.23. The Bertz CT molecular complexity index is 819. The van der Waals surface area contributed by atoms with Gasteiger partial charge in [0.1, 0.15) is 12.1 Å². The van der Waals surface area contributed by atoms with E-state index in [2.05, 4.69) is 5.32 Å². The highest BCUT2D eigenvalue weighted by atomic mass is 16.5. The number of rotatable bonds is 4. The number of amides is 4. The number of ether oxygens (including phenoxy) is 1. The third-order valence-electron chi connectivity index (χ3n) is 4.83. The second-order valence-corrected chi connectivity index (χ2v) is 7.47. The molecule has 1 aromatic rings. The van der Waals surface area contributed by atoms with Gasteiger partial charge in [0, 0.05) is 11.7 Å². The van der Waals surface area contributed by atoms with Crippen LogP contribution in [-0.2, 0) is 25.5 Å². The van der Waals surface area contributed by atoms with Gasteiger partial charge in [-0.05, 0) is 45.7 Å². The van der Waals surface area contributed by atoms with Crippen LogP contribution in [0.15, 0.2) is 24.3 Å². The number of nitrogens with zero attached hydrogens (tertiary/aromatic N) is 2. The molecule has 2 aliphatic rings. The van der Waals surface area contributed by atoms with Crippen molar-refractivity contribution < 1.29 is 23.9 Å². The molecule has 0 bridgehead atoms. The monoisotopic (exact) mass is 373 g/mol.